The number of anilines is 2. The van der Waals surface area contributed by atoms with Crippen LogP contribution in [0.5, 0.6) is 11.6 Å². The molecule has 0 unspecified atom stereocenters. The Labute approximate surface area is 166 Å². The van der Waals surface area contributed by atoms with Crippen molar-refractivity contribution in [2.45, 2.75) is 13.3 Å². The Morgan fingerprint density at radius 1 is 1.10 bits per heavy atom. The molecule has 0 amide bonds. The van der Waals surface area contributed by atoms with Gasteiger partial charge < -0.3 is 14.5 Å². The van der Waals surface area contributed by atoms with Gasteiger partial charge in [-0.15, -0.1) is 0 Å². The van der Waals surface area contributed by atoms with Gasteiger partial charge in [0.1, 0.15) is 17.1 Å². The van der Waals surface area contributed by atoms with E-state index in [1.54, 1.807) is 42.6 Å². The van der Waals surface area contributed by atoms with E-state index >= 15 is 0 Å². The molecule has 7 nitrogen and oxygen atoms in total. The number of ether oxygens (including phenoxy) is 1. The lowest BCUT2D eigenvalue weighted by atomic mass is 10.1. The SMILES string of the molecule is Cc1oc2cc(Oc3ccnc(Nc4ccc(C#N)cc4)n3)ccc2c1CC#N. The van der Waals surface area contributed by atoms with Gasteiger partial charge in [0, 0.05) is 35.0 Å². The van der Waals surface area contributed by atoms with Crippen LogP contribution < -0.4 is 10.1 Å². The summed E-state index contributed by atoms with van der Waals surface area (Å²) in [6, 6.07) is 18.3. The zero-order valence-electron chi connectivity index (χ0n) is 15.5. The van der Waals surface area contributed by atoms with Crippen molar-refractivity contribution >= 4 is 22.6 Å². The zero-order chi connectivity index (χ0) is 20.2. The number of rotatable bonds is 5. The van der Waals surface area contributed by atoms with Gasteiger partial charge in [0.2, 0.25) is 11.8 Å². The van der Waals surface area contributed by atoms with Crippen LogP contribution in [0.15, 0.2) is 59.1 Å². The molecule has 2 aromatic heterocycles. The van der Waals surface area contributed by atoms with E-state index < -0.39 is 0 Å². The Balaban J connectivity index is 1.54. The van der Waals surface area contributed by atoms with Crippen molar-refractivity contribution in [1.82, 2.24) is 9.97 Å². The number of hydrogen-bond acceptors (Lipinski definition) is 7. The van der Waals surface area contributed by atoms with Crippen LogP contribution in [0.1, 0.15) is 16.9 Å². The van der Waals surface area contributed by atoms with Gasteiger partial charge in [0.15, 0.2) is 0 Å². The molecule has 0 saturated carbocycles. The van der Waals surface area contributed by atoms with Gasteiger partial charge >= 0.3 is 0 Å². The Morgan fingerprint density at radius 2 is 1.93 bits per heavy atom. The molecule has 0 atom stereocenters. The van der Waals surface area contributed by atoms with Crippen molar-refractivity contribution in [1.29, 1.82) is 10.5 Å². The zero-order valence-corrected chi connectivity index (χ0v) is 15.5. The number of benzene rings is 2. The van der Waals surface area contributed by atoms with Crippen LogP contribution in [0.25, 0.3) is 11.0 Å². The predicted molar refractivity (Wildman–Crippen MR) is 107 cm³/mol. The third-order valence-electron chi connectivity index (χ3n) is 4.34. The lowest BCUT2D eigenvalue weighted by Crippen LogP contribution is -1.98. The van der Waals surface area contributed by atoms with Gasteiger partial charge in [0.05, 0.1) is 24.1 Å². The summed E-state index contributed by atoms with van der Waals surface area (Å²) >= 11 is 0. The molecule has 0 spiro atoms. The van der Waals surface area contributed by atoms with Gasteiger partial charge in [-0.1, -0.05) is 0 Å². The maximum absolute atomic E-state index is 8.98. The van der Waals surface area contributed by atoms with Crippen molar-refractivity contribution in [3.8, 4) is 23.8 Å². The Morgan fingerprint density at radius 3 is 2.69 bits per heavy atom. The molecule has 0 aliphatic heterocycles. The second kappa shape index (κ2) is 7.71. The van der Waals surface area contributed by atoms with Crippen molar-refractivity contribution in [2.24, 2.45) is 0 Å². The van der Waals surface area contributed by atoms with Crippen molar-refractivity contribution in [2.75, 3.05) is 5.32 Å². The summed E-state index contributed by atoms with van der Waals surface area (Å²) in [5, 5.41) is 21.8. The van der Waals surface area contributed by atoms with Crippen LogP contribution in [-0.2, 0) is 6.42 Å². The summed E-state index contributed by atoms with van der Waals surface area (Å²) in [5.74, 6) is 2.04. The lowest BCUT2D eigenvalue weighted by molar-refractivity contribution is 0.461. The molecule has 2 aromatic carbocycles. The quantitative estimate of drug-likeness (QED) is 0.518. The molecule has 0 radical (unpaired) electrons. The molecule has 4 aromatic rings. The van der Waals surface area contributed by atoms with Crippen LogP contribution in [-0.4, -0.2) is 9.97 Å². The number of nitrogens with one attached hydrogen (secondary N) is 1. The first-order valence-corrected chi connectivity index (χ1v) is 8.83. The van der Waals surface area contributed by atoms with E-state index in [4.69, 9.17) is 19.7 Å². The van der Waals surface area contributed by atoms with E-state index in [1.165, 1.54) is 0 Å². The topological polar surface area (TPSA) is 108 Å². The molecule has 0 aliphatic rings. The maximum atomic E-state index is 8.98. The number of fused-ring (bicyclic) bond motifs is 1. The van der Waals surface area contributed by atoms with E-state index in [2.05, 4.69) is 27.4 Å². The van der Waals surface area contributed by atoms with E-state index in [-0.39, 0.29) is 0 Å². The molecule has 1 N–H and O–H groups in total. The van der Waals surface area contributed by atoms with E-state index in [9.17, 15) is 0 Å². The third kappa shape index (κ3) is 3.85. The molecule has 4 rings (SSSR count). The molecule has 0 fully saturated rings. The van der Waals surface area contributed by atoms with Crippen LogP contribution >= 0.6 is 0 Å². The van der Waals surface area contributed by atoms with Gasteiger partial charge in [-0.3, -0.25) is 0 Å². The maximum Gasteiger partial charge on any atom is 0.230 e. The predicted octanol–water partition coefficient (Wildman–Crippen LogP) is 5.00. The summed E-state index contributed by atoms with van der Waals surface area (Å²) in [4.78, 5) is 8.54. The van der Waals surface area contributed by atoms with Crippen molar-refractivity contribution < 1.29 is 9.15 Å². The number of aryl methyl sites for hydroxylation is 1. The standard InChI is InChI=1S/C22H15N5O2/c1-14-18(8-10-23)19-7-6-17(12-20(19)28-14)29-21-9-11-25-22(27-21)26-16-4-2-15(13-24)3-5-16/h2-7,9,11-12H,8H2,1H3,(H,25,26,27). The Bertz CT molecular complexity index is 1260. The highest BCUT2D eigenvalue weighted by Gasteiger charge is 2.12. The minimum absolute atomic E-state index is 0.301. The highest BCUT2D eigenvalue weighted by molar-refractivity contribution is 5.84. The summed E-state index contributed by atoms with van der Waals surface area (Å²) in [7, 11) is 0. The van der Waals surface area contributed by atoms with E-state index in [0.717, 1.165) is 22.4 Å². The first kappa shape index (κ1) is 18.0. The van der Waals surface area contributed by atoms with E-state index in [0.29, 0.717) is 35.1 Å². The fourth-order valence-corrected chi connectivity index (χ4v) is 2.95. The largest absolute Gasteiger partial charge is 0.461 e. The van der Waals surface area contributed by atoms with Gasteiger partial charge in [-0.05, 0) is 43.3 Å². The second-order valence-corrected chi connectivity index (χ2v) is 6.26. The van der Waals surface area contributed by atoms with Gasteiger partial charge in [0.25, 0.3) is 0 Å². The molecular weight excluding hydrogens is 366 g/mol. The van der Waals surface area contributed by atoms with Crippen LogP contribution in [0.2, 0.25) is 0 Å². The van der Waals surface area contributed by atoms with E-state index in [1.807, 2.05) is 19.1 Å². The average molecular weight is 381 g/mol. The van der Waals surface area contributed by atoms with Crippen molar-refractivity contribution in [3.05, 3.63) is 71.6 Å². The summed E-state index contributed by atoms with van der Waals surface area (Å²) in [5.41, 5.74) is 2.90. The molecule has 29 heavy (non-hydrogen) atoms. The fourth-order valence-electron chi connectivity index (χ4n) is 2.95. The van der Waals surface area contributed by atoms with Crippen LogP contribution in [0, 0.1) is 29.6 Å². The number of hydrogen-bond donors (Lipinski definition) is 1. The monoisotopic (exact) mass is 381 g/mol. The molecule has 0 aliphatic carbocycles. The molecule has 0 saturated heterocycles. The molecule has 7 heteroatoms. The van der Waals surface area contributed by atoms with Gasteiger partial charge in [-0.2, -0.15) is 15.5 Å². The Hall–Kier alpha value is -4.36. The highest BCUT2D eigenvalue weighted by atomic mass is 16.5. The number of nitriles is 2. The molecule has 0 bridgehead atoms. The number of furan rings is 1. The number of aromatic nitrogens is 2. The van der Waals surface area contributed by atoms with Crippen LogP contribution in [0.4, 0.5) is 11.6 Å². The number of nitrogens with zero attached hydrogens (tertiary/aromatic N) is 4. The summed E-state index contributed by atoms with van der Waals surface area (Å²) < 4.78 is 11.6. The minimum atomic E-state index is 0.301. The highest BCUT2D eigenvalue weighted by Crippen LogP contribution is 2.31. The molecule has 140 valence electrons. The van der Waals surface area contributed by atoms with Crippen LogP contribution in [0.3, 0.4) is 0 Å². The lowest BCUT2D eigenvalue weighted by Gasteiger charge is -2.08. The summed E-state index contributed by atoms with van der Waals surface area (Å²) in [6.07, 6.45) is 1.89. The molecular formula is C22H15N5O2. The fraction of sp³-hybridized carbons (Fsp3) is 0.0909. The average Bonchev–Trinajstić information content (AvgIpc) is 3.04. The second-order valence-electron chi connectivity index (χ2n) is 6.26. The molecule has 2 heterocycles. The normalized spacial score (nSPS) is 10.3. The smallest absolute Gasteiger partial charge is 0.230 e. The first-order valence-electron chi connectivity index (χ1n) is 8.83. The first-order chi connectivity index (χ1) is 14.2. The van der Waals surface area contributed by atoms with Crippen molar-refractivity contribution in [3.63, 3.8) is 0 Å². The summed E-state index contributed by atoms with van der Waals surface area (Å²) in [6.45, 7) is 1.85. The van der Waals surface area contributed by atoms with Gasteiger partial charge in [-0.25, -0.2) is 4.98 Å². The minimum Gasteiger partial charge on any atom is -0.461 e. The third-order valence-corrected chi connectivity index (χ3v) is 4.34. The Kier molecular flexibility index (Phi) is 4.79.